The van der Waals surface area contributed by atoms with Crippen molar-refractivity contribution in [3.05, 3.63) is 42.2 Å². The molecule has 0 saturated carbocycles. The summed E-state index contributed by atoms with van der Waals surface area (Å²) in [7, 11) is 0. The fourth-order valence-electron chi connectivity index (χ4n) is 1.93. The third-order valence-electron chi connectivity index (χ3n) is 2.93. The molecule has 1 aromatic carbocycles. The predicted octanol–water partition coefficient (Wildman–Crippen LogP) is 1.43. The highest BCUT2D eigenvalue weighted by atomic mass is 16.7. The summed E-state index contributed by atoms with van der Waals surface area (Å²) in [6.07, 6.45) is 3.41. The highest BCUT2D eigenvalue weighted by Gasteiger charge is 2.22. The van der Waals surface area contributed by atoms with Crippen molar-refractivity contribution in [3.63, 3.8) is 0 Å². The van der Waals surface area contributed by atoms with Crippen LogP contribution in [0, 0.1) is 0 Å². The minimum atomic E-state index is -0.234. The van der Waals surface area contributed by atoms with Gasteiger partial charge in [-0.3, -0.25) is 9.63 Å². The van der Waals surface area contributed by atoms with Gasteiger partial charge in [-0.05, 0) is 25.0 Å². The number of carbonyl (C=O) groups excluding carboxylic acids is 1. The van der Waals surface area contributed by atoms with E-state index in [0.717, 1.165) is 18.5 Å². The molecule has 6 nitrogen and oxygen atoms in total. The first kappa shape index (κ1) is 11.9. The smallest absolute Gasteiger partial charge is 0.271 e. The molecule has 0 atom stereocenters. The van der Waals surface area contributed by atoms with Crippen molar-refractivity contribution in [1.29, 1.82) is 0 Å². The Morgan fingerprint density at radius 1 is 1.21 bits per heavy atom. The fraction of sp³-hybridized carbons (Fsp3) is 0.308. The number of nitrogens with zero attached hydrogens (tertiary/aromatic N) is 4. The standard InChI is InChI=1S/C13H14N4O2/c18-13(16-8-4-5-9-19-16)12-10-14-17(15-12)11-6-2-1-3-7-11/h1-3,6-7,10H,4-5,8-9H2. The predicted molar refractivity (Wildman–Crippen MR) is 67.6 cm³/mol. The van der Waals surface area contributed by atoms with E-state index in [-0.39, 0.29) is 5.91 Å². The number of hydroxylamine groups is 2. The zero-order chi connectivity index (χ0) is 13.1. The number of hydrogen-bond donors (Lipinski definition) is 0. The van der Waals surface area contributed by atoms with Gasteiger partial charge in [-0.1, -0.05) is 18.2 Å². The second kappa shape index (κ2) is 5.19. The van der Waals surface area contributed by atoms with Gasteiger partial charge in [0.05, 0.1) is 18.5 Å². The maximum absolute atomic E-state index is 12.1. The van der Waals surface area contributed by atoms with Gasteiger partial charge in [0.2, 0.25) is 0 Å². The number of aromatic nitrogens is 3. The fourth-order valence-corrected chi connectivity index (χ4v) is 1.93. The number of carbonyl (C=O) groups is 1. The van der Waals surface area contributed by atoms with Crippen molar-refractivity contribution < 1.29 is 9.63 Å². The molecule has 2 aromatic rings. The molecule has 1 aromatic heterocycles. The van der Waals surface area contributed by atoms with Crippen LogP contribution in [0.4, 0.5) is 0 Å². The number of para-hydroxylation sites is 1. The van der Waals surface area contributed by atoms with Gasteiger partial charge in [0, 0.05) is 6.54 Å². The van der Waals surface area contributed by atoms with Crippen LogP contribution in [-0.4, -0.2) is 39.1 Å². The lowest BCUT2D eigenvalue weighted by molar-refractivity contribution is -0.144. The minimum Gasteiger partial charge on any atom is -0.271 e. The van der Waals surface area contributed by atoms with E-state index in [1.807, 2.05) is 30.3 Å². The van der Waals surface area contributed by atoms with Crippen LogP contribution in [0.5, 0.6) is 0 Å². The van der Waals surface area contributed by atoms with Crippen LogP contribution in [0.2, 0.25) is 0 Å². The molecule has 1 aliphatic heterocycles. The van der Waals surface area contributed by atoms with Crippen molar-refractivity contribution in [1.82, 2.24) is 20.1 Å². The summed E-state index contributed by atoms with van der Waals surface area (Å²) < 4.78 is 0. The SMILES string of the molecule is O=C(c1cnn(-c2ccccc2)n1)N1CCCCO1. The summed E-state index contributed by atoms with van der Waals surface area (Å²) in [6.45, 7) is 1.19. The molecule has 0 radical (unpaired) electrons. The lowest BCUT2D eigenvalue weighted by atomic mass is 10.3. The van der Waals surface area contributed by atoms with Crippen molar-refractivity contribution in [2.75, 3.05) is 13.2 Å². The summed E-state index contributed by atoms with van der Waals surface area (Å²) in [6, 6.07) is 9.47. The molecule has 1 fully saturated rings. The van der Waals surface area contributed by atoms with Gasteiger partial charge in [-0.15, -0.1) is 5.10 Å². The molecule has 0 unspecified atom stereocenters. The first-order valence-electron chi connectivity index (χ1n) is 6.27. The van der Waals surface area contributed by atoms with E-state index in [1.165, 1.54) is 16.1 Å². The molecular formula is C13H14N4O2. The van der Waals surface area contributed by atoms with Crippen LogP contribution in [0.25, 0.3) is 5.69 Å². The minimum absolute atomic E-state index is 0.234. The molecular weight excluding hydrogens is 244 g/mol. The summed E-state index contributed by atoms with van der Waals surface area (Å²) in [5.74, 6) is -0.234. The number of rotatable bonds is 2. The summed E-state index contributed by atoms with van der Waals surface area (Å²) in [5.41, 5.74) is 1.12. The zero-order valence-corrected chi connectivity index (χ0v) is 10.4. The lowest BCUT2D eigenvalue weighted by Gasteiger charge is -2.24. The quantitative estimate of drug-likeness (QED) is 0.817. The van der Waals surface area contributed by atoms with Crippen molar-refractivity contribution in [3.8, 4) is 5.69 Å². The van der Waals surface area contributed by atoms with E-state index in [1.54, 1.807) is 0 Å². The molecule has 2 heterocycles. The van der Waals surface area contributed by atoms with Crippen LogP contribution >= 0.6 is 0 Å². The summed E-state index contributed by atoms with van der Waals surface area (Å²) in [5, 5.41) is 9.66. The van der Waals surface area contributed by atoms with Crippen LogP contribution in [0.1, 0.15) is 23.3 Å². The molecule has 19 heavy (non-hydrogen) atoms. The molecule has 1 amide bonds. The Hall–Kier alpha value is -2.21. The van der Waals surface area contributed by atoms with Crippen LogP contribution in [0.15, 0.2) is 36.5 Å². The molecule has 0 spiro atoms. The third kappa shape index (κ3) is 2.48. The molecule has 0 aliphatic carbocycles. The van der Waals surface area contributed by atoms with E-state index in [0.29, 0.717) is 18.8 Å². The molecule has 6 heteroatoms. The monoisotopic (exact) mass is 258 g/mol. The van der Waals surface area contributed by atoms with Crippen LogP contribution in [0.3, 0.4) is 0 Å². The van der Waals surface area contributed by atoms with E-state index in [2.05, 4.69) is 10.2 Å². The van der Waals surface area contributed by atoms with E-state index >= 15 is 0 Å². The van der Waals surface area contributed by atoms with E-state index in [4.69, 9.17) is 4.84 Å². The number of hydrogen-bond acceptors (Lipinski definition) is 4. The summed E-state index contributed by atoms with van der Waals surface area (Å²) in [4.78, 5) is 18.9. The maximum Gasteiger partial charge on any atom is 0.299 e. The van der Waals surface area contributed by atoms with Gasteiger partial charge < -0.3 is 0 Å². The summed E-state index contributed by atoms with van der Waals surface area (Å²) >= 11 is 0. The van der Waals surface area contributed by atoms with E-state index in [9.17, 15) is 4.79 Å². The Morgan fingerprint density at radius 2 is 2.05 bits per heavy atom. The van der Waals surface area contributed by atoms with Gasteiger partial charge >= 0.3 is 0 Å². The maximum atomic E-state index is 12.1. The molecule has 98 valence electrons. The Balaban J connectivity index is 1.79. The topological polar surface area (TPSA) is 60.2 Å². The Labute approximate surface area is 110 Å². The van der Waals surface area contributed by atoms with Crippen molar-refractivity contribution in [2.45, 2.75) is 12.8 Å². The second-order valence-corrected chi connectivity index (χ2v) is 4.30. The largest absolute Gasteiger partial charge is 0.299 e. The van der Waals surface area contributed by atoms with Gasteiger partial charge in [0.1, 0.15) is 0 Å². The number of amides is 1. The van der Waals surface area contributed by atoms with Gasteiger partial charge in [-0.2, -0.15) is 9.90 Å². The molecule has 1 aliphatic rings. The van der Waals surface area contributed by atoms with E-state index < -0.39 is 0 Å². The second-order valence-electron chi connectivity index (χ2n) is 4.30. The molecule has 0 bridgehead atoms. The van der Waals surface area contributed by atoms with Gasteiger partial charge in [0.15, 0.2) is 5.69 Å². The Morgan fingerprint density at radius 3 is 2.79 bits per heavy atom. The average Bonchev–Trinajstić information content (AvgIpc) is 2.98. The van der Waals surface area contributed by atoms with Crippen LogP contribution < -0.4 is 0 Å². The average molecular weight is 258 g/mol. The molecule has 3 rings (SSSR count). The normalized spacial score (nSPS) is 15.5. The molecule has 1 saturated heterocycles. The highest BCUT2D eigenvalue weighted by molar-refractivity contribution is 5.91. The lowest BCUT2D eigenvalue weighted by Crippen LogP contribution is -2.36. The number of benzene rings is 1. The van der Waals surface area contributed by atoms with Gasteiger partial charge in [0.25, 0.3) is 5.91 Å². The third-order valence-corrected chi connectivity index (χ3v) is 2.93. The van der Waals surface area contributed by atoms with Crippen molar-refractivity contribution >= 4 is 5.91 Å². The van der Waals surface area contributed by atoms with Crippen LogP contribution in [-0.2, 0) is 4.84 Å². The van der Waals surface area contributed by atoms with Gasteiger partial charge in [-0.25, -0.2) is 5.06 Å². The molecule has 0 N–H and O–H groups in total. The first-order valence-corrected chi connectivity index (χ1v) is 6.27. The van der Waals surface area contributed by atoms with Crippen molar-refractivity contribution in [2.24, 2.45) is 0 Å². The highest BCUT2D eigenvalue weighted by Crippen LogP contribution is 2.11. The first-order chi connectivity index (χ1) is 9.34. The zero-order valence-electron chi connectivity index (χ0n) is 10.4. The Kier molecular flexibility index (Phi) is 3.24. The Bertz CT molecular complexity index is 561.